The summed E-state index contributed by atoms with van der Waals surface area (Å²) in [7, 11) is 0. The zero-order valence-electron chi connectivity index (χ0n) is 17.9. The van der Waals surface area contributed by atoms with Gasteiger partial charge >= 0.3 is 5.97 Å². The van der Waals surface area contributed by atoms with Crippen LogP contribution < -0.4 is 0 Å². The summed E-state index contributed by atoms with van der Waals surface area (Å²) in [6.45, 7) is 2.53. The standard InChI is InChI=1S/C24H22F3N3O3/c1-12-8-15(2-3-16(12)25)30-18-9-14-11-28-29-23(14)22(27)21(18)20(17(26)10-19(31)32)24(30)13-4-6-33-7-5-13/h2-3,8-9,11,13,17H,4-7,10H2,1H3,(H,28,29)(H,31,32)/t17-/m0/s1. The molecule has 9 heteroatoms. The summed E-state index contributed by atoms with van der Waals surface area (Å²) in [5.74, 6) is -2.58. The Balaban J connectivity index is 1.92. The van der Waals surface area contributed by atoms with Gasteiger partial charge in [-0.3, -0.25) is 9.89 Å². The van der Waals surface area contributed by atoms with Gasteiger partial charge in [-0.15, -0.1) is 0 Å². The topological polar surface area (TPSA) is 80.1 Å². The Morgan fingerprint density at radius 3 is 2.76 bits per heavy atom. The highest BCUT2D eigenvalue weighted by Gasteiger charge is 2.34. The zero-order chi connectivity index (χ0) is 23.3. The van der Waals surface area contributed by atoms with Gasteiger partial charge < -0.3 is 14.4 Å². The molecule has 0 amide bonds. The van der Waals surface area contributed by atoms with Crippen molar-refractivity contribution in [3.63, 3.8) is 0 Å². The number of hydrogen-bond donors (Lipinski definition) is 2. The smallest absolute Gasteiger partial charge is 0.306 e. The number of aromatic nitrogens is 3. The third-order valence-corrected chi connectivity index (χ3v) is 6.36. The molecule has 1 aliphatic rings. The Bertz CT molecular complexity index is 1370. The van der Waals surface area contributed by atoms with Gasteiger partial charge in [-0.1, -0.05) is 0 Å². The first-order chi connectivity index (χ1) is 15.9. The average molecular weight is 457 g/mol. The molecule has 6 nitrogen and oxygen atoms in total. The molecule has 2 aromatic carbocycles. The quantitative estimate of drug-likeness (QED) is 0.416. The molecule has 5 rings (SSSR count). The predicted octanol–water partition coefficient (Wildman–Crippen LogP) is 5.47. The second-order valence-electron chi connectivity index (χ2n) is 8.44. The van der Waals surface area contributed by atoms with Gasteiger partial charge in [0, 0.05) is 46.8 Å². The highest BCUT2D eigenvalue weighted by molar-refractivity contribution is 6.00. The highest BCUT2D eigenvalue weighted by Crippen LogP contribution is 2.45. The predicted molar refractivity (Wildman–Crippen MR) is 116 cm³/mol. The van der Waals surface area contributed by atoms with Gasteiger partial charge in [0.15, 0.2) is 5.82 Å². The molecule has 172 valence electrons. The van der Waals surface area contributed by atoms with Crippen LogP contribution in [-0.4, -0.2) is 39.1 Å². The number of nitrogens with one attached hydrogen (secondary N) is 1. The number of alkyl halides is 1. The molecule has 1 fully saturated rings. The van der Waals surface area contributed by atoms with Gasteiger partial charge in [-0.05, 0) is 49.6 Å². The average Bonchev–Trinajstić information content (AvgIpc) is 3.39. The Kier molecular flexibility index (Phi) is 5.36. The zero-order valence-corrected chi connectivity index (χ0v) is 17.9. The van der Waals surface area contributed by atoms with Crippen molar-refractivity contribution in [3.8, 4) is 5.69 Å². The van der Waals surface area contributed by atoms with Crippen LogP contribution in [0.15, 0.2) is 30.5 Å². The molecule has 0 aliphatic carbocycles. The normalized spacial score (nSPS) is 16.0. The Morgan fingerprint density at radius 2 is 2.06 bits per heavy atom. The summed E-state index contributed by atoms with van der Waals surface area (Å²) in [4.78, 5) is 11.4. The molecule has 0 unspecified atom stereocenters. The van der Waals surface area contributed by atoms with Crippen LogP contribution in [0.3, 0.4) is 0 Å². The molecule has 0 saturated carbocycles. The molecule has 0 bridgehead atoms. The molecule has 2 aromatic heterocycles. The van der Waals surface area contributed by atoms with Crippen LogP contribution in [0.2, 0.25) is 0 Å². The molecule has 2 N–H and O–H groups in total. The second-order valence-corrected chi connectivity index (χ2v) is 8.44. The van der Waals surface area contributed by atoms with Crippen molar-refractivity contribution in [1.29, 1.82) is 0 Å². The van der Waals surface area contributed by atoms with Crippen LogP contribution in [0.25, 0.3) is 27.5 Å². The van der Waals surface area contributed by atoms with E-state index in [9.17, 15) is 14.3 Å². The van der Waals surface area contributed by atoms with E-state index in [-0.39, 0.29) is 28.2 Å². The van der Waals surface area contributed by atoms with Crippen LogP contribution in [0.4, 0.5) is 13.2 Å². The van der Waals surface area contributed by atoms with Crippen molar-refractivity contribution in [1.82, 2.24) is 14.8 Å². The monoisotopic (exact) mass is 457 g/mol. The van der Waals surface area contributed by atoms with Gasteiger partial charge in [0.25, 0.3) is 0 Å². The first-order valence-corrected chi connectivity index (χ1v) is 10.8. The number of carboxylic acids is 1. The van der Waals surface area contributed by atoms with Crippen molar-refractivity contribution in [2.45, 2.75) is 38.3 Å². The van der Waals surface area contributed by atoms with Crippen LogP contribution >= 0.6 is 0 Å². The van der Waals surface area contributed by atoms with Crippen molar-refractivity contribution in [2.24, 2.45) is 0 Å². The van der Waals surface area contributed by atoms with Crippen LogP contribution in [0, 0.1) is 18.6 Å². The number of aromatic amines is 1. The van der Waals surface area contributed by atoms with E-state index in [0.717, 1.165) is 0 Å². The minimum Gasteiger partial charge on any atom is -0.481 e. The number of carboxylic acid groups (broad SMARTS) is 1. The lowest BCUT2D eigenvalue weighted by atomic mass is 9.90. The van der Waals surface area contributed by atoms with Gasteiger partial charge in [0.2, 0.25) is 0 Å². The van der Waals surface area contributed by atoms with Gasteiger partial charge in [0.05, 0.1) is 18.1 Å². The van der Waals surface area contributed by atoms with E-state index in [2.05, 4.69) is 10.2 Å². The van der Waals surface area contributed by atoms with Crippen LogP contribution in [-0.2, 0) is 9.53 Å². The summed E-state index contributed by atoms with van der Waals surface area (Å²) in [5.41, 5.74) is 1.98. The molecule has 1 saturated heterocycles. The number of ether oxygens (including phenoxy) is 1. The Hall–Kier alpha value is -3.33. The lowest BCUT2D eigenvalue weighted by molar-refractivity contribution is -0.138. The molecule has 0 spiro atoms. The van der Waals surface area contributed by atoms with E-state index in [1.807, 2.05) is 0 Å². The van der Waals surface area contributed by atoms with E-state index in [4.69, 9.17) is 4.74 Å². The molecular formula is C24H22F3N3O3. The number of H-pyrrole nitrogens is 1. The molecule has 0 radical (unpaired) electrons. The Morgan fingerprint density at radius 1 is 1.30 bits per heavy atom. The number of hydrogen-bond acceptors (Lipinski definition) is 3. The van der Waals surface area contributed by atoms with E-state index < -0.39 is 24.4 Å². The fourth-order valence-corrected chi connectivity index (χ4v) is 4.84. The molecule has 3 heterocycles. The summed E-state index contributed by atoms with van der Waals surface area (Å²) in [6.07, 6.45) is -0.101. The van der Waals surface area contributed by atoms with E-state index >= 15 is 8.78 Å². The van der Waals surface area contributed by atoms with Gasteiger partial charge in [-0.25, -0.2) is 13.2 Å². The summed E-state index contributed by atoms with van der Waals surface area (Å²) in [5, 5.41) is 16.3. The van der Waals surface area contributed by atoms with Crippen molar-refractivity contribution in [3.05, 3.63) is 58.9 Å². The number of aliphatic carboxylic acids is 1. The molecular weight excluding hydrogens is 435 g/mol. The van der Waals surface area contributed by atoms with Crippen molar-refractivity contribution in [2.75, 3.05) is 13.2 Å². The molecule has 1 atom stereocenters. The Labute approximate surface area is 187 Å². The third kappa shape index (κ3) is 3.56. The number of carbonyl (C=O) groups is 1. The number of benzene rings is 2. The number of nitrogens with zero attached hydrogens (tertiary/aromatic N) is 2. The van der Waals surface area contributed by atoms with Gasteiger partial charge in [-0.2, -0.15) is 5.10 Å². The van der Waals surface area contributed by atoms with Gasteiger partial charge in [0.1, 0.15) is 17.5 Å². The number of aryl methyl sites for hydroxylation is 1. The van der Waals surface area contributed by atoms with Crippen LogP contribution in [0.5, 0.6) is 0 Å². The molecule has 33 heavy (non-hydrogen) atoms. The lowest BCUT2D eigenvalue weighted by Gasteiger charge is -2.26. The fourth-order valence-electron chi connectivity index (χ4n) is 4.84. The third-order valence-electron chi connectivity index (χ3n) is 6.36. The highest BCUT2D eigenvalue weighted by atomic mass is 19.1. The maximum atomic E-state index is 15.8. The maximum Gasteiger partial charge on any atom is 0.306 e. The van der Waals surface area contributed by atoms with E-state index in [0.29, 0.717) is 53.9 Å². The molecule has 4 aromatic rings. The maximum absolute atomic E-state index is 15.8. The van der Waals surface area contributed by atoms with E-state index in [1.165, 1.54) is 12.3 Å². The summed E-state index contributed by atoms with van der Waals surface area (Å²) < 4.78 is 52.7. The van der Waals surface area contributed by atoms with Crippen molar-refractivity contribution >= 4 is 27.8 Å². The van der Waals surface area contributed by atoms with E-state index in [1.54, 1.807) is 29.7 Å². The molecule has 1 aliphatic heterocycles. The lowest BCUT2D eigenvalue weighted by Crippen LogP contribution is -2.19. The summed E-state index contributed by atoms with van der Waals surface area (Å²) in [6, 6.07) is 6.22. The van der Waals surface area contributed by atoms with Crippen LogP contribution in [0.1, 0.15) is 48.2 Å². The minimum atomic E-state index is -1.93. The second kappa shape index (κ2) is 8.22. The fraction of sp³-hybridized carbons (Fsp3) is 0.333. The number of halogens is 3. The van der Waals surface area contributed by atoms with Crippen molar-refractivity contribution < 1.29 is 27.8 Å². The largest absolute Gasteiger partial charge is 0.481 e. The summed E-state index contributed by atoms with van der Waals surface area (Å²) >= 11 is 0. The first kappa shape index (κ1) is 21.5. The first-order valence-electron chi connectivity index (χ1n) is 10.8. The number of fused-ring (bicyclic) bond motifs is 2. The number of rotatable bonds is 5. The SMILES string of the molecule is Cc1cc(-n2c(C3CCOCC3)c([C@@H](F)CC(=O)O)c3c(F)c4[nH]ncc4cc32)ccc1F. The minimum absolute atomic E-state index is 0.0176.